The number of hydrogen-bond acceptors (Lipinski definition) is 6. The summed E-state index contributed by atoms with van der Waals surface area (Å²) in [6.45, 7) is 10.1. The van der Waals surface area contributed by atoms with Gasteiger partial charge in [-0.15, -0.1) is 0 Å². The first-order valence-electron chi connectivity index (χ1n) is 9.79. The van der Waals surface area contributed by atoms with Gasteiger partial charge in [0.25, 0.3) is 5.69 Å². The van der Waals surface area contributed by atoms with Gasteiger partial charge in [0.2, 0.25) is 5.91 Å². The van der Waals surface area contributed by atoms with Gasteiger partial charge >= 0.3 is 5.97 Å². The van der Waals surface area contributed by atoms with E-state index in [1.807, 2.05) is 13.8 Å². The number of carbonyl (C=O) groups excluding carboxylic acids is 2. The highest BCUT2D eigenvalue weighted by Crippen LogP contribution is 2.71. The lowest BCUT2D eigenvalue weighted by molar-refractivity contribution is -0.384. The van der Waals surface area contributed by atoms with Crippen LogP contribution in [0.25, 0.3) is 0 Å². The van der Waals surface area contributed by atoms with E-state index in [-0.39, 0.29) is 34.0 Å². The van der Waals surface area contributed by atoms with E-state index in [0.29, 0.717) is 12.1 Å². The standard InChI is InChI=1S/C21H27N3O5/c1-13(2)22-18(26)21-11-10-20(5,19(21,3)4)16(12-21)23-29-17(25)14-6-8-15(9-7-14)24(27)28/h6-9,13H,10-12H2,1-5H3,(H,22,26)/b23-16-. The molecule has 1 amide bonds. The van der Waals surface area contributed by atoms with Crippen LogP contribution < -0.4 is 5.32 Å². The molecule has 2 unspecified atom stereocenters. The summed E-state index contributed by atoms with van der Waals surface area (Å²) in [5.41, 5.74) is -0.477. The van der Waals surface area contributed by atoms with Crippen LogP contribution in [-0.2, 0) is 9.63 Å². The quantitative estimate of drug-likeness (QED) is 0.458. The van der Waals surface area contributed by atoms with Crippen molar-refractivity contribution < 1.29 is 19.3 Å². The normalized spacial score (nSPS) is 28.6. The highest BCUT2D eigenvalue weighted by molar-refractivity contribution is 6.02. The second-order valence-electron chi connectivity index (χ2n) is 9.06. The maximum absolute atomic E-state index is 13.1. The predicted molar refractivity (Wildman–Crippen MR) is 107 cm³/mol. The molecule has 0 spiro atoms. The van der Waals surface area contributed by atoms with E-state index in [1.165, 1.54) is 24.3 Å². The molecule has 0 aromatic heterocycles. The van der Waals surface area contributed by atoms with Crippen LogP contribution in [0.3, 0.4) is 0 Å². The molecular formula is C21H27N3O5. The number of oxime groups is 1. The second kappa shape index (κ2) is 6.93. The molecule has 0 saturated heterocycles. The van der Waals surface area contributed by atoms with Gasteiger partial charge in [-0.1, -0.05) is 25.9 Å². The van der Waals surface area contributed by atoms with E-state index in [9.17, 15) is 19.7 Å². The lowest BCUT2D eigenvalue weighted by Crippen LogP contribution is -2.48. The summed E-state index contributed by atoms with van der Waals surface area (Å²) < 4.78 is 0. The van der Waals surface area contributed by atoms with Gasteiger partial charge in [0.15, 0.2) is 0 Å². The Hall–Kier alpha value is -2.77. The van der Waals surface area contributed by atoms with Crippen LogP contribution in [0.5, 0.6) is 0 Å². The van der Waals surface area contributed by atoms with Gasteiger partial charge in [0.1, 0.15) is 0 Å². The smallest absolute Gasteiger partial charge is 0.353 e. The first kappa shape index (κ1) is 21.0. The monoisotopic (exact) mass is 401 g/mol. The number of non-ortho nitro benzene ring substituents is 1. The number of benzene rings is 1. The van der Waals surface area contributed by atoms with Gasteiger partial charge < -0.3 is 10.2 Å². The minimum Gasteiger partial charge on any atom is -0.353 e. The van der Waals surface area contributed by atoms with Crippen LogP contribution in [0.15, 0.2) is 29.4 Å². The van der Waals surface area contributed by atoms with Crippen LogP contribution in [0.4, 0.5) is 5.69 Å². The van der Waals surface area contributed by atoms with Gasteiger partial charge in [-0.2, -0.15) is 0 Å². The largest absolute Gasteiger partial charge is 0.365 e. The minimum absolute atomic E-state index is 0.0214. The topological polar surface area (TPSA) is 111 Å². The summed E-state index contributed by atoms with van der Waals surface area (Å²) in [5.74, 6) is -0.662. The fourth-order valence-electron chi connectivity index (χ4n) is 4.79. The predicted octanol–water partition coefficient (Wildman–Crippen LogP) is 3.85. The number of hydrogen-bond donors (Lipinski definition) is 1. The van der Waals surface area contributed by atoms with Gasteiger partial charge in [-0.25, -0.2) is 4.79 Å². The van der Waals surface area contributed by atoms with Crippen molar-refractivity contribution in [3.05, 3.63) is 39.9 Å². The molecule has 2 aliphatic rings. The molecule has 2 bridgehead atoms. The first-order chi connectivity index (χ1) is 13.4. The molecule has 1 aromatic rings. The Morgan fingerprint density at radius 3 is 2.34 bits per heavy atom. The average molecular weight is 401 g/mol. The zero-order valence-corrected chi connectivity index (χ0v) is 17.4. The fourth-order valence-corrected chi connectivity index (χ4v) is 4.79. The summed E-state index contributed by atoms with van der Waals surface area (Å²) in [7, 11) is 0. The first-order valence-corrected chi connectivity index (χ1v) is 9.79. The Labute approximate surface area is 169 Å². The van der Waals surface area contributed by atoms with Crippen molar-refractivity contribution >= 4 is 23.3 Å². The molecule has 0 radical (unpaired) electrons. The molecule has 1 aromatic carbocycles. The van der Waals surface area contributed by atoms with E-state index in [0.717, 1.165) is 12.8 Å². The van der Waals surface area contributed by atoms with Crippen LogP contribution in [0, 0.1) is 26.4 Å². The van der Waals surface area contributed by atoms with Gasteiger partial charge in [-0.3, -0.25) is 14.9 Å². The Kier molecular flexibility index (Phi) is 5.01. The van der Waals surface area contributed by atoms with Crippen LogP contribution in [-0.4, -0.2) is 28.6 Å². The van der Waals surface area contributed by atoms with Crippen molar-refractivity contribution in [2.45, 2.75) is 59.9 Å². The summed E-state index contributed by atoms with van der Waals surface area (Å²) in [6, 6.07) is 5.21. The zero-order valence-electron chi connectivity index (χ0n) is 17.4. The van der Waals surface area contributed by atoms with Gasteiger partial charge in [0.05, 0.1) is 21.6 Å². The van der Waals surface area contributed by atoms with Gasteiger partial charge in [0, 0.05) is 30.0 Å². The fraction of sp³-hybridized carbons (Fsp3) is 0.571. The van der Waals surface area contributed by atoms with E-state index < -0.39 is 16.3 Å². The molecule has 3 rings (SSSR count). The maximum Gasteiger partial charge on any atom is 0.365 e. The third-order valence-electron chi connectivity index (χ3n) is 7.14. The van der Waals surface area contributed by atoms with Crippen molar-refractivity contribution in [1.82, 2.24) is 5.32 Å². The van der Waals surface area contributed by atoms with E-state index in [2.05, 4.69) is 31.2 Å². The van der Waals surface area contributed by atoms with Crippen molar-refractivity contribution in [3.63, 3.8) is 0 Å². The average Bonchev–Trinajstić information content (AvgIpc) is 2.96. The molecule has 2 fully saturated rings. The van der Waals surface area contributed by atoms with E-state index >= 15 is 0 Å². The number of fused-ring (bicyclic) bond motifs is 2. The lowest BCUT2D eigenvalue weighted by atomic mass is 9.64. The molecule has 2 aliphatic carbocycles. The van der Waals surface area contributed by atoms with E-state index in [4.69, 9.17) is 4.84 Å². The van der Waals surface area contributed by atoms with E-state index in [1.54, 1.807) is 0 Å². The second-order valence-corrected chi connectivity index (χ2v) is 9.06. The van der Waals surface area contributed by atoms with Crippen molar-refractivity contribution in [3.8, 4) is 0 Å². The molecule has 1 N–H and O–H groups in total. The van der Waals surface area contributed by atoms with Crippen LogP contribution in [0.2, 0.25) is 0 Å². The Bertz CT molecular complexity index is 890. The minimum atomic E-state index is -0.683. The zero-order chi connectivity index (χ0) is 21.6. The number of nitrogens with zero attached hydrogens (tertiary/aromatic N) is 2. The molecule has 8 heteroatoms. The van der Waals surface area contributed by atoms with Crippen molar-refractivity contribution in [2.24, 2.45) is 21.4 Å². The molecule has 0 aliphatic heterocycles. The van der Waals surface area contributed by atoms with Crippen LogP contribution >= 0.6 is 0 Å². The number of rotatable bonds is 5. The molecule has 2 saturated carbocycles. The lowest BCUT2D eigenvalue weighted by Gasteiger charge is -2.39. The third-order valence-corrected chi connectivity index (χ3v) is 7.14. The Morgan fingerprint density at radius 1 is 1.17 bits per heavy atom. The Morgan fingerprint density at radius 2 is 1.79 bits per heavy atom. The molecular weight excluding hydrogens is 374 g/mol. The number of nitro groups is 1. The van der Waals surface area contributed by atoms with Crippen LogP contribution in [0.1, 0.15) is 64.2 Å². The molecule has 2 atom stereocenters. The summed E-state index contributed by atoms with van der Waals surface area (Å²) in [6.07, 6.45) is 2.01. The summed E-state index contributed by atoms with van der Waals surface area (Å²) >= 11 is 0. The molecule has 156 valence electrons. The number of nitrogens with one attached hydrogen (secondary N) is 1. The van der Waals surface area contributed by atoms with Crippen molar-refractivity contribution in [1.29, 1.82) is 0 Å². The number of carbonyl (C=O) groups is 2. The molecule has 29 heavy (non-hydrogen) atoms. The highest BCUT2D eigenvalue weighted by atomic mass is 16.7. The third kappa shape index (κ3) is 3.10. The Balaban J connectivity index is 1.82. The maximum atomic E-state index is 13.1. The number of nitro benzene ring substituents is 1. The summed E-state index contributed by atoms with van der Waals surface area (Å²) in [5, 5.41) is 18.0. The summed E-state index contributed by atoms with van der Waals surface area (Å²) in [4.78, 5) is 40.8. The van der Waals surface area contributed by atoms with Crippen molar-refractivity contribution in [2.75, 3.05) is 0 Å². The van der Waals surface area contributed by atoms with Gasteiger partial charge in [-0.05, 0) is 44.2 Å². The number of amides is 1. The SMILES string of the molecule is CC(C)NC(=O)C12CCC(C)(/C(=N\OC(=O)c3ccc([N+](=O)[O-])cc3)C1)C2(C)C. The molecule has 0 heterocycles. The highest BCUT2D eigenvalue weighted by Gasteiger charge is 2.71. The molecule has 8 nitrogen and oxygen atoms in total.